The molecular weight excluding hydrogens is 436 g/mol. The molecule has 4 rings (SSSR count). The summed E-state index contributed by atoms with van der Waals surface area (Å²) in [6.45, 7) is 11.5. The van der Waals surface area contributed by atoms with E-state index in [1.165, 1.54) is 53.6 Å². The van der Waals surface area contributed by atoms with Gasteiger partial charge in [-0.15, -0.1) is 0 Å². The Labute approximate surface area is 210 Å². The number of hydrogen-bond acceptors (Lipinski definition) is 4. The number of carbonyl (C=O) groups is 1. The molecule has 1 atom stereocenters. The fourth-order valence-corrected chi connectivity index (χ4v) is 5.41. The Morgan fingerprint density at radius 2 is 1.91 bits per heavy atom. The van der Waals surface area contributed by atoms with Gasteiger partial charge in [0.25, 0.3) is 0 Å². The van der Waals surface area contributed by atoms with Crippen molar-refractivity contribution in [3.63, 3.8) is 0 Å². The van der Waals surface area contributed by atoms with Crippen molar-refractivity contribution in [3.8, 4) is 5.75 Å². The van der Waals surface area contributed by atoms with Crippen molar-refractivity contribution in [3.05, 3.63) is 69.8 Å². The molecule has 2 aromatic rings. The lowest BCUT2D eigenvalue weighted by Crippen LogP contribution is -2.49. The third-order valence-corrected chi connectivity index (χ3v) is 7.93. The zero-order chi connectivity index (χ0) is 24.9. The molecule has 2 aliphatic rings. The first-order valence-corrected chi connectivity index (χ1v) is 13.0. The van der Waals surface area contributed by atoms with Crippen LogP contribution < -0.4 is 4.74 Å². The van der Waals surface area contributed by atoms with Gasteiger partial charge in [-0.2, -0.15) is 0 Å². The van der Waals surface area contributed by atoms with Gasteiger partial charge in [-0.1, -0.05) is 37.6 Å². The Bertz CT molecular complexity index is 1060. The summed E-state index contributed by atoms with van der Waals surface area (Å²) in [5.41, 5.74) is 6.57. The van der Waals surface area contributed by atoms with Crippen LogP contribution in [0.4, 0.5) is 0 Å². The van der Waals surface area contributed by atoms with E-state index in [9.17, 15) is 9.90 Å². The molecule has 1 aliphatic heterocycles. The fourth-order valence-electron chi connectivity index (χ4n) is 5.41. The molecule has 1 unspecified atom stereocenters. The molecule has 0 radical (unpaired) electrons. The van der Waals surface area contributed by atoms with Crippen molar-refractivity contribution in [2.24, 2.45) is 5.92 Å². The molecule has 188 valence electrons. The van der Waals surface area contributed by atoms with E-state index in [-0.39, 0.29) is 6.04 Å². The molecule has 1 N–H and O–H groups in total. The maximum Gasteiger partial charge on any atom is 0.335 e. The molecule has 1 saturated heterocycles. The second-order valence-corrected chi connectivity index (χ2v) is 10.2. The molecule has 0 amide bonds. The zero-order valence-electron chi connectivity index (χ0n) is 21.7. The summed E-state index contributed by atoms with van der Waals surface area (Å²) in [5.74, 6) is 0.902. The molecule has 35 heavy (non-hydrogen) atoms. The fraction of sp³-hybridized carbons (Fsp3) is 0.500. The van der Waals surface area contributed by atoms with E-state index in [0.717, 1.165) is 44.3 Å². The SMILES string of the molecule is CC/C=C\c1c(C)c(C)cc(OC)c1CN1CCN(CC2CCC2)CC1c1ccc(C(=O)O)cc1. The number of ether oxygens (including phenoxy) is 1. The van der Waals surface area contributed by atoms with E-state index in [1.54, 1.807) is 19.2 Å². The number of aromatic carboxylic acids is 1. The van der Waals surface area contributed by atoms with Gasteiger partial charge >= 0.3 is 5.97 Å². The van der Waals surface area contributed by atoms with E-state index in [0.29, 0.717) is 5.56 Å². The largest absolute Gasteiger partial charge is 0.496 e. The van der Waals surface area contributed by atoms with Crippen molar-refractivity contribution in [2.75, 3.05) is 33.3 Å². The normalized spacial score (nSPS) is 19.7. The van der Waals surface area contributed by atoms with Crippen LogP contribution in [0, 0.1) is 19.8 Å². The first kappa shape index (κ1) is 25.5. The first-order chi connectivity index (χ1) is 16.9. The molecular formula is C30H40N2O3. The number of aryl methyl sites for hydroxylation is 1. The highest BCUT2D eigenvalue weighted by Crippen LogP contribution is 2.36. The van der Waals surface area contributed by atoms with Crippen LogP contribution in [-0.4, -0.2) is 54.2 Å². The summed E-state index contributed by atoms with van der Waals surface area (Å²) >= 11 is 0. The van der Waals surface area contributed by atoms with E-state index < -0.39 is 5.97 Å². The maximum absolute atomic E-state index is 11.4. The number of carboxylic acids is 1. The van der Waals surface area contributed by atoms with E-state index in [4.69, 9.17) is 4.74 Å². The molecule has 5 nitrogen and oxygen atoms in total. The third kappa shape index (κ3) is 5.79. The minimum atomic E-state index is -0.879. The number of hydrogen-bond donors (Lipinski definition) is 1. The summed E-state index contributed by atoms with van der Waals surface area (Å²) in [6.07, 6.45) is 9.54. The van der Waals surface area contributed by atoms with Gasteiger partial charge in [0.1, 0.15) is 5.75 Å². The Kier molecular flexibility index (Phi) is 8.30. The lowest BCUT2D eigenvalue weighted by molar-refractivity contribution is 0.0488. The molecule has 1 aliphatic carbocycles. The zero-order valence-corrected chi connectivity index (χ0v) is 21.7. The van der Waals surface area contributed by atoms with Crippen LogP contribution in [-0.2, 0) is 6.54 Å². The first-order valence-electron chi connectivity index (χ1n) is 13.0. The highest BCUT2D eigenvalue weighted by Gasteiger charge is 2.32. The minimum Gasteiger partial charge on any atom is -0.496 e. The van der Waals surface area contributed by atoms with Crippen molar-refractivity contribution in [2.45, 2.75) is 59.0 Å². The molecule has 0 bridgehead atoms. The van der Waals surface area contributed by atoms with Gasteiger partial charge in [-0.25, -0.2) is 4.79 Å². The quantitative estimate of drug-likeness (QED) is 0.474. The highest BCUT2D eigenvalue weighted by molar-refractivity contribution is 5.87. The van der Waals surface area contributed by atoms with Crippen LogP contribution in [0.3, 0.4) is 0 Å². The summed E-state index contributed by atoms with van der Waals surface area (Å²) < 4.78 is 5.89. The molecule has 0 spiro atoms. The number of nitrogens with zero attached hydrogens (tertiary/aromatic N) is 2. The van der Waals surface area contributed by atoms with Gasteiger partial charge in [0.15, 0.2) is 0 Å². The Morgan fingerprint density at radius 1 is 1.17 bits per heavy atom. The molecule has 2 aromatic carbocycles. The lowest BCUT2D eigenvalue weighted by atomic mass is 9.84. The predicted molar refractivity (Wildman–Crippen MR) is 142 cm³/mol. The molecule has 0 aromatic heterocycles. The van der Waals surface area contributed by atoms with Gasteiger partial charge in [-0.3, -0.25) is 9.80 Å². The standard InChI is InChI=1S/C30H40N2O3/c1-5-6-10-26-22(3)21(2)17-29(35-4)27(26)19-32-16-15-31(18-23-8-7-9-23)20-28(32)24-11-13-25(14-12-24)30(33)34/h6,10-14,17,23,28H,5,7-9,15-16,18-20H2,1-4H3,(H,33,34)/b10-6-. The van der Waals surface area contributed by atoms with Gasteiger partial charge in [0.2, 0.25) is 0 Å². The third-order valence-electron chi connectivity index (χ3n) is 7.93. The molecule has 2 fully saturated rings. The maximum atomic E-state index is 11.4. The Hall–Kier alpha value is -2.63. The minimum absolute atomic E-state index is 0.209. The van der Waals surface area contributed by atoms with Crippen LogP contribution >= 0.6 is 0 Å². The number of piperazine rings is 1. The monoisotopic (exact) mass is 476 g/mol. The van der Waals surface area contributed by atoms with Gasteiger partial charge < -0.3 is 9.84 Å². The predicted octanol–water partition coefficient (Wildman–Crippen LogP) is 6.09. The van der Waals surface area contributed by atoms with Crippen LogP contribution in [0.15, 0.2) is 36.4 Å². The van der Waals surface area contributed by atoms with Crippen molar-refractivity contribution >= 4 is 12.0 Å². The molecule has 1 heterocycles. The Balaban J connectivity index is 1.67. The summed E-state index contributed by atoms with van der Waals surface area (Å²) in [5, 5.41) is 9.38. The second kappa shape index (κ2) is 11.4. The second-order valence-electron chi connectivity index (χ2n) is 10.2. The van der Waals surface area contributed by atoms with Crippen molar-refractivity contribution in [1.29, 1.82) is 0 Å². The van der Waals surface area contributed by atoms with Gasteiger partial charge in [0, 0.05) is 44.3 Å². The average Bonchev–Trinajstić information content (AvgIpc) is 2.84. The van der Waals surface area contributed by atoms with Crippen LogP contribution in [0.1, 0.15) is 76.8 Å². The highest BCUT2D eigenvalue weighted by atomic mass is 16.5. The number of carboxylic acid groups (broad SMARTS) is 1. The van der Waals surface area contributed by atoms with Crippen LogP contribution in [0.25, 0.3) is 6.08 Å². The number of allylic oxidation sites excluding steroid dienone is 1. The number of benzene rings is 2. The Morgan fingerprint density at radius 3 is 2.51 bits per heavy atom. The number of methoxy groups -OCH3 is 1. The molecule has 5 heteroatoms. The van der Waals surface area contributed by atoms with E-state index in [2.05, 4.69) is 48.8 Å². The lowest BCUT2D eigenvalue weighted by Gasteiger charge is -2.44. The smallest absolute Gasteiger partial charge is 0.335 e. The van der Waals surface area contributed by atoms with Crippen LogP contribution in [0.2, 0.25) is 0 Å². The molecule has 1 saturated carbocycles. The number of rotatable bonds is 9. The summed E-state index contributed by atoms with van der Waals surface area (Å²) in [6, 6.07) is 9.87. The van der Waals surface area contributed by atoms with Gasteiger partial charge in [-0.05, 0) is 79.5 Å². The van der Waals surface area contributed by atoms with Crippen LogP contribution in [0.5, 0.6) is 5.75 Å². The van der Waals surface area contributed by atoms with E-state index >= 15 is 0 Å². The summed E-state index contributed by atoms with van der Waals surface area (Å²) in [7, 11) is 1.76. The average molecular weight is 477 g/mol. The topological polar surface area (TPSA) is 53.0 Å². The van der Waals surface area contributed by atoms with Gasteiger partial charge in [0.05, 0.1) is 12.7 Å². The van der Waals surface area contributed by atoms with Crippen molar-refractivity contribution in [1.82, 2.24) is 9.80 Å². The van der Waals surface area contributed by atoms with E-state index in [1.807, 2.05) is 12.1 Å². The van der Waals surface area contributed by atoms with Crippen molar-refractivity contribution < 1.29 is 14.6 Å². The summed E-state index contributed by atoms with van der Waals surface area (Å²) in [4.78, 5) is 16.6.